The van der Waals surface area contributed by atoms with E-state index >= 15 is 0 Å². The lowest BCUT2D eigenvalue weighted by atomic mass is 10.1. The third-order valence-electron chi connectivity index (χ3n) is 3.68. The van der Waals surface area contributed by atoms with E-state index in [4.69, 9.17) is 4.74 Å². The van der Waals surface area contributed by atoms with Crippen LogP contribution in [-0.2, 0) is 6.54 Å². The molecule has 0 radical (unpaired) electrons. The van der Waals surface area contributed by atoms with Gasteiger partial charge >= 0.3 is 0 Å². The molecule has 0 saturated heterocycles. The summed E-state index contributed by atoms with van der Waals surface area (Å²) in [5, 5.41) is 3.54. The van der Waals surface area contributed by atoms with Crippen molar-refractivity contribution in [2.24, 2.45) is 0 Å². The number of carbonyl (C=O) groups is 1. The van der Waals surface area contributed by atoms with Crippen LogP contribution in [0.4, 0.5) is 0 Å². The Bertz CT molecular complexity index is 966. The Morgan fingerprint density at radius 3 is 2.79 bits per heavy atom. The fourth-order valence-corrected chi connectivity index (χ4v) is 2.84. The number of ether oxygens (including phenoxy) is 1. The van der Waals surface area contributed by atoms with Crippen molar-refractivity contribution in [1.29, 1.82) is 0 Å². The van der Waals surface area contributed by atoms with Gasteiger partial charge in [-0.25, -0.2) is 0 Å². The van der Waals surface area contributed by atoms with Crippen molar-refractivity contribution in [1.82, 2.24) is 10.3 Å². The number of pyridine rings is 1. The normalized spacial score (nSPS) is 10.6. The molecule has 2 N–H and O–H groups in total. The number of hydrogen-bond donors (Lipinski definition) is 2. The zero-order valence-electron chi connectivity index (χ0n) is 12.9. The monoisotopic (exact) mass is 386 g/mol. The number of amides is 1. The summed E-state index contributed by atoms with van der Waals surface area (Å²) in [6, 6.07) is 14.5. The molecule has 0 fully saturated rings. The van der Waals surface area contributed by atoms with Crippen molar-refractivity contribution >= 4 is 32.7 Å². The zero-order valence-corrected chi connectivity index (χ0v) is 14.5. The molecule has 0 aliphatic heterocycles. The molecule has 0 unspecified atom stereocenters. The Hall–Kier alpha value is -2.60. The predicted octanol–water partition coefficient (Wildman–Crippen LogP) is 3.23. The summed E-state index contributed by atoms with van der Waals surface area (Å²) in [7, 11) is 1.58. The van der Waals surface area contributed by atoms with Crippen molar-refractivity contribution in [3.8, 4) is 5.75 Å². The first-order chi connectivity index (χ1) is 11.6. The number of carbonyl (C=O) groups excluding carboxylic acids is 1. The van der Waals surface area contributed by atoms with Gasteiger partial charge in [0.15, 0.2) is 0 Å². The summed E-state index contributed by atoms with van der Waals surface area (Å²) < 4.78 is 6.13. The van der Waals surface area contributed by atoms with Crippen LogP contribution < -0.4 is 15.6 Å². The van der Waals surface area contributed by atoms with Gasteiger partial charge in [-0.3, -0.25) is 9.59 Å². The van der Waals surface area contributed by atoms with E-state index in [0.29, 0.717) is 11.3 Å². The number of nitrogens with one attached hydrogen (secondary N) is 2. The second-order valence-electron chi connectivity index (χ2n) is 5.24. The minimum absolute atomic E-state index is 0.0792. The summed E-state index contributed by atoms with van der Waals surface area (Å²) in [6.45, 7) is 0.277. The number of aromatic nitrogens is 1. The molecule has 0 aliphatic rings. The second kappa shape index (κ2) is 6.88. The number of benzene rings is 2. The Balaban J connectivity index is 1.86. The lowest BCUT2D eigenvalue weighted by molar-refractivity contribution is 0.0949. The minimum atomic E-state index is -0.427. The van der Waals surface area contributed by atoms with Crippen LogP contribution in [0.5, 0.6) is 5.75 Å². The number of H-pyrrole nitrogens is 1. The Kier molecular flexibility index (Phi) is 4.66. The number of fused-ring (bicyclic) bond motifs is 1. The van der Waals surface area contributed by atoms with Gasteiger partial charge in [0.1, 0.15) is 11.3 Å². The van der Waals surface area contributed by atoms with E-state index in [9.17, 15) is 9.59 Å². The van der Waals surface area contributed by atoms with Crippen LogP contribution in [0.25, 0.3) is 10.9 Å². The molecule has 0 spiro atoms. The molecular weight excluding hydrogens is 372 g/mol. The van der Waals surface area contributed by atoms with Crippen LogP contribution >= 0.6 is 15.9 Å². The number of para-hydroxylation sites is 1. The molecule has 0 bridgehead atoms. The van der Waals surface area contributed by atoms with Crippen molar-refractivity contribution < 1.29 is 9.53 Å². The quantitative estimate of drug-likeness (QED) is 0.722. The first-order valence-corrected chi connectivity index (χ1v) is 8.10. The summed E-state index contributed by atoms with van der Waals surface area (Å²) in [6.07, 6.45) is 0. The van der Waals surface area contributed by atoms with Crippen LogP contribution in [0.3, 0.4) is 0 Å². The number of hydrogen-bond acceptors (Lipinski definition) is 3. The maximum absolute atomic E-state index is 12.4. The van der Waals surface area contributed by atoms with Gasteiger partial charge in [-0.2, -0.15) is 0 Å². The first kappa shape index (κ1) is 16.3. The van der Waals surface area contributed by atoms with E-state index in [2.05, 4.69) is 26.2 Å². The lowest BCUT2D eigenvalue weighted by Gasteiger charge is -2.09. The van der Waals surface area contributed by atoms with Gasteiger partial charge in [-0.1, -0.05) is 34.1 Å². The highest BCUT2D eigenvalue weighted by Gasteiger charge is 2.12. The predicted molar refractivity (Wildman–Crippen MR) is 96.4 cm³/mol. The topological polar surface area (TPSA) is 71.2 Å². The molecule has 0 saturated carbocycles. The van der Waals surface area contributed by atoms with Crippen molar-refractivity contribution in [2.45, 2.75) is 6.54 Å². The van der Waals surface area contributed by atoms with Crippen molar-refractivity contribution in [2.75, 3.05) is 7.11 Å². The highest BCUT2D eigenvalue weighted by molar-refractivity contribution is 9.10. The molecule has 24 heavy (non-hydrogen) atoms. The number of halogens is 1. The van der Waals surface area contributed by atoms with Crippen LogP contribution in [-0.4, -0.2) is 18.0 Å². The van der Waals surface area contributed by atoms with Gasteiger partial charge in [-0.15, -0.1) is 0 Å². The molecule has 122 valence electrons. The van der Waals surface area contributed by atoms with E-state index in [1.807, 2.05) is 36.4 Å². The largest absolute Gasteiger partial charge is 0.496 e. The Morgan fingerprint density at radius 2 is 2.00 bits per heavy atom. The average Bonchev–Trinajstić information content (AvgIpc) is 2.59. The number of rotatable bonds is 4. The van der Waals surface area contributed by atoms with Crippen LogP contribution in [0.2, 0.25) is 0 Å². The molecule has 5 nitrogen and oxygen atoms in total. The molecule has 1 amide bonds. The molecule has 1 heterocycles. The van der Waals surface area contributed by atoms with Gasteiger partial charge in [0, 0.05) is 27.5 Å². The summed E-state index contributed by atoms with van der Waals surface area (Å²) >= 11 is 3.38. The molecule has 6 heteroatoms. The minimum Gasteiger partial charge on any atom is -0.496 e. The second-order valence-corrected chi connectivity index (χ2v) is 6.15. The van der Waals surface area contributed by atoms with Gasteiger partial charge in [0.25, 0.3) is 11.5 Å². The smallest absolute Gasteiger partial charge is 0.261 e. The molecule has 3 rings (SSSR count). The Morgan fingerprint density at radius 1 is 1.21 bits per heavy atom. The lowest BCUT2D eigenvalue weighted by Crippen LogP contribution is -2.29. The van der Waals surface area contributed by atoms with E-state index in [1.54, 1.807) is 19.2 Å². The van der Waals surface area contributed by atoms with E-state index < -0.39 is 11.5 Å². The molecular formula is C18H15BrN2O3. The first-order valence-electron chi connectivity index (χ1n) is 7.31. The van der Waals surface area contributed by atoms with Crippen molar-refractivity contribution in [3.63, 3.8) is 0 Å². The van der Waals surface area contributed by atoms with Gasteiger partial charge in [0.05, 0.1) is 7.11 Å². The van der Waals surface area contributed by atoms with Crippen LogP contribution in [0.1, 0.15) is 15.9 Å². The number of aromatic amines is 1. The molecule has 0 atom stereocenters. The van der Waals surface area contributed by atoms with Gasteiger partial charge in [-0.05, 0) is 30.3 Å². The van der Waals surface area contributed by atoms with E-state index in [-0.39, 0.29) is 12.1 Å². The maximum Gasteiger partial charge on any atom is 0.261 e. The fraction of sp³-hybridized carbons (Fsp3) is 0.111. The maximum atomic E-state index is 12.4. The third-order valence-corrected chi connectivity index (χ3v) is 4.18. The SMILES string of the molecule is COc1ccccc1CNC(=O)c1cc2cc(Br)ccc2[nH]c1=O. The molecule has 1 aromatic heterocycles. The van der Waals surface area contributed by atoms with Gasteiger partial charge < -0.3 is 15.0 Å². The van der Waals surface area contributed by atoms with E-state index in [0.717, 1.165) is 15.4 Å². The van der Waals surface area contributed by atoms with Gasteiger partial charge in [0.2, 0.25) is 0 Å². The molecule has 2 aromatic carbocycles. The molecule has 3 aromatic rings. The summed E-state index contributed by atoms with van der Waals surface area (Å²) in [5.41, 5.74) is 1.19. The Labute approximate surface area is 146 Å². The third kappa shape index (κ3) is 3.33. The number of methoxy groups -OCH3 is 1. The van der Waals surface area contributed by atoms with Crippen LogP contribution in [0, 0.1) is 0 Å². The highest BCUT2D eigenvalue weighted by atomic mass is 79.9. The highest BCUT2D eigenvalue weighted by Crippen LogP contribution is 2.19. The molecule has 0 aliphatic carbocycles. The zero-order chi connectivity index (χ0) is 17.1. The average molecular weight is 387 g/mol. The van der Waals surface area contributed by atoms with Crippen LogP contribution in [0.15, 0.2) is 57.8 Å². The van der Waals surface area contributed by atoms with E-state index in [1.165, 1.54) is 0 Å². The standard InChI is InChI=1S/C18H15BrN2O3/c1-24-16-5-3-2-4-11(16)10-20-17(22)14-9-12-8-13(19)6-7-15(12)21-18(14)23/h2-9H,10H2,1H3,(H,20,22)(H,21,23). The summed E-state index contributed by atoms with van der Waals surface area (Å²) in [5.74, 6) is 0.262. The fourth-order valence-electron chi connectivity index (χ4n) is 2.47. The van der Waals surface area contributed by atoms with Crippen molar-refractivity contribution in [3.05, 3.63) is 74.5 Å². The summed E-state index contributed by atoms with van der Waals surface area (Å²) in [4.78, 5) is 27.2.